The van der Waals surface area contributed by atoms with Crippen molar-refractivity contribution in [3.8, 4) is 0 Å². The van der Waals surface area contributed by atoms with Gasteiger partial charge in [-0.05, 0) is 6.07 Å². The maximum absolute atomic E-state index is 10.9. The van der Waals surface area contributed by atoms with Gasteiger partial charge in [-0.3, -0.25) is 15.4 Å². The van der Waals surface area contributed by atoms with Crippen LogP contribution < -0.4 is 5.32 Å². The Kier molecular flexibility index (Phi) is 3.23. The van der Waals surface area contributed by atoms with Crippen molar-refractivity contribution >= 4 is 24.0 Å². The van der Waals surface area contributed by atoms with Crippen LogP contribution in [0.25, 0.3) is 0 Å². The van der Waals surface area contributed by atoms with E-state index < -0.39 is 16.8 Å². The van der Waals surface area contributed by atoms with E-state index in [0.29, 0.717) is 0 Å². The summed E-state index contributed by atoms with van der Waals surface area (Å²) in [7, 11) is 0. The molecule has 0 fully saturated rings. The van der Waals surface area contributed by atoms with E-state index in [1.165, 1.54) is 12.1 Å². The Balaban J connectivity index is 2.10. The lowest BCUT2D eigenvalue weighted by atomic mass is 10.4. The van der Waals surface area contributed by atoms with Crippen molar-refractivity contribution in [1.29, 1.82) is 0 Å². The monoisotopic (exact) mass is 262 g/mol. The Morgan fingerprint density at radius 3 is 2.95 bits per heavy atom. The van der Waals surface area contributed by atoms with E-state index >= 15 is 0 Å². The Bertz CT molecular complexity index is 641. The lowest BCUT2D eigenvalue weighted by Gasteiger charge is -2.06. The number of rotatable bonds is 3. The number of nitrogens with zero attached hydrogens (tertiary/aromatic N) is 5. The zero-order valence-electron chi connectivity index (χ0n) is 9.31. The first-order chi connectivity index (χ1) is 9.06. The molecule has 1 N–H and O–H groups in total. The fourth-order valence-electron chi connectivity index (χ4n) is 1.09. The lowest BCUT2D eigenvalue weighted by molar-refractivity contribution is -0.402. The molecule has 0 unspecified atom stereocenters. The molecule has 10 nitrogen and oxygen atoms in total. The molecule has 1 aromatic heterocycles. The minimum absolute atomic E-state index is 0.0392. The van der Waals surface area contributed by atoms with E-state index in [1.54, 1.807) is 0 Å². The van der Waals surface area contributed by atoms with Crippen LogP contribution in [0.2, 0.25) is 0 Å². The molecule has 96 valence electrons. The van der Waals surface area contributed by atoms with Gasteiger partial charge in [0.2, 0.25) is 0 Å². The SMILES string of the molecule is C=C1N=NC(=O)N/C1=N\N=C\c1ccc([N+](=O)[O-])o1. The highest BCUT2D eigenvalue weighted by Crippen LogP contribution is 2.13. The molecule has 0 aromatic carbocycles. The van der Waals surface area contributed by atoms with Crippen LogP contribution in [0.3, 0.4) is 0 Å². The maximum atomic E-state index is 10.9. The second-order valence-corrected chi connectivity index (χ2v) is 3.20. The van der Waals surface area contributed by atoms with E-state index in [-0.39, 0.29) is 17.3 Å². The van der Waals surface area contributed by atoms with Crippen LogP contribution in [0.4, 0.5) is 10.7 Å². The first-order valence-corrected chi connectivity index (χ1v) is 4.83. The Labute approximate surface area is 105 Å². The molecule has 10 heteroatoms. The fourth-order valence-corrected chi connectivity index (χ4v) is 1.09. The normalized spacial score (nSPS) is 17.2. The van der Waals surface area contributed by atoms with E-state index in [1.807, 2.05) is 0 Å². The van der Waals surface area contributed by atoms with Crippen LogP contribution in [-0.4, -0.2) is 23.0 Å². The van der Waals surface area contributed by atoms with Gasteiger partial charge in [-0.25, -0.2) is 4.79 Å². The standard InChI is InChI=1S/C9H6N6O4/c1-5-8(11-9(16)14-12-5)13-10-4-6-2-3-7(19-6)15(17)18/h2-4H,1H2,(H,11,13,16)/b10-4+. The van der Waals surface area contributed by atoms with Crippen LogP contribution in [0, 0.1) is 10.1 Å². The van der Waals surface area contributed by atoms with Crippen molar-refractivity contribution in [3.63, 3.8) is 0 Å². The van der Waals surface area contributed by atoms with Gasteiger partial charge in [-0.15, -0.1) is 10.2 Å². The second kappa shape index (κ2) is 5.00. The second-order valence-electron chi connectivity index (χ2n) is 3.20. The van der Waals surface area contributed by atoms with Crippen molar-refractivity contribution in [3.05, 3.63) is 40.3 Å². The number of hydrogen-bond acceptors (Lipinski definition) is 7. The zero-order valence-corrected chi connectivity index (χ0v) is 9.31. The van der Waals surface area contributed by atoms with Gasteiger partial charge in [0.1, 0.15) is 10.6 Å². The number of amidine groups is 1. The smallest absolute Gasteiger partial charge is 0.400 e. The molecular weight excluding hydrogens is 256 g/mol. The third kappa shape index (κ3) is 2.94. The van der Waals surface area contributed by atoms with Gasteiger partial charge < -0.3 is 4.42 Å². The molecule has 2 heterocycles. The molecule has 0 saturated heterocycles. The predicted molar refractivity (Wildman–Crippen MR) is 62.9 cm³/mol. The van der Waals surface area contributed by atoms with Gasteiger partial charge in [0.25, 0.3) is 0 Å². The van der Waals surface area contributed by atoms with E-state index in [0.717, 1.165) is 6.21 Å². The third-order valence-electron chi connectivity index (χ3n) is 1.90. The highest BCUT2D eigenvalue weighted by molar-refractivity contribution is 6.08. The minimum atomic E-state index is -0.685. The summed E-state index contributed by atoms with van der Waals surface area (Å²) < 4.78 is 4.81. The number of nitro groups is 1. The summed E-state index contributed by atoms with van der Waals surface area (Å²) in [4.78, 5) is 20.6. The fraction of sp³-hybridized carbons (Fsp3) is 0. The van der Waals surface area contributed by atoms with Crippen LogP contribution in [0.1, 0.15) is 5.76 Å². The quantitative estimate of drug-likeness (QED) is 0.502. The molecule has 0 bridgehead atoms. The molecule has 0 atom stereocenters. The number of furan rings is 1. The maximum Gasteiger partial charge on any atom is 0.433 e. The van der Waals surface area contributed by atoms with Crippen molar-refractivity contribution in [2.75, 3.05) is 0 Å². The van der Waals surface area contributed by atoms with Crippen molar-refractivity contribution in [2.45, 2.75) is 0 Å². The van der Waals surface area contributed by atoms with Gasteiger partial charge in [0, 0.05) is 0 Å². The first-order valence-electron chi connectivity index (χ1n) is 4.83. The number of urea groups is 1. The molecule has 1 aromatic rings. The number of carbonyl (C=O) groups is 1. The van der Waals surface area contributed by atoms with Gasteiger partial charge in [-0.1, -0.05) is 11.7 Å². The Morgan fingerprint density at radius 2 is 2.26 bits per heavy atom. The van der Waals surface area contributed by atoms with Gasteiger partial charge >= 0.3 is 11.9 Å². The summed E-state index contributed by atoms with van der Waals surface area (Å²) in [6.07, 6.45) is 1.14. The highest BCUT2D eigenvalue weighted by atomic mass is 16.6. The van der Waals surface area contributed by atoms with Gasteiger partial charge in [0.05, 0.1) is 12.3 Å². The van der Waals surface area contributed by atoms with Crippen molar-refractivity contribution < 1.29 is 14.1 Å². The summed E-state index contributed by atoms with van der Waals surface area (Å²) in [5.41, 5.74) is 0.141. The molecule has 0 radical (unpaired) electrons. The van der Waals surface area contributed by atoms with Crippen LogP contribution >= 0.6 is 0 Å². The summed E-state index contributed by atoms with van der Waals surface area (Å²) in [5, 5.41) is 26.5. The Hall–Kier alpha value is -3.17. The number of azo groups is 1. The van der Waals surface area contributed by atoms with Crippen molar-refractivity contribution in [2.24, 2.45) is 20.4 Å². The topological polar surface area (TPSA) is 135 Å². The number of hydrogen-bond donors (Lipinski definition) is 1. The van der Waals surface area contributed by atoms with E-state index in [4.69, 9.17) is 4.42 Å². The number of carbonyl (C=O) groups excluding carboxylic acids is 1. The molecule has 2 amide bonds. The zero-order chi connectivity index (χ0) is 13.8. The van der Waals surface area contributed by atoms with Gasteiger partial charge in [0.15, 0.2) is 11.6 Å². The molecule has 1 aliphatic rings. The summed E-state index contributed by atoms with van der Waals surface area (Å²) in [5.74, 6) is -0.221. The van der Waals surface area contributed by atoms with E-state index in [2.05, 4.69) is 32.3 Å². The largest absolute Gasteiger partial charge is 0.433 e. The number of amides is 2. The van der Waals surface area contributed by atoms with Crippen LogP contribution in [0.15, 0.2) is 49.3 Å². The van der Waals surface area contributed by atoms with E-state index in [9.17, 15) is 14.9 Å². The summed E-state index contributed by atoms with van der Waals surface area (Å²) in [6.45, 7) is 3.49. The van der Waals surface area contributed by atoms with Crippen LogP contribution in [0.5, 0.6) is 0 Å². The average molecular weight is 262 g/mol. The van der Waals surface area contributed by atoms with Crippen LogP contribution in [-0.2, 0) is 0 Å². The number of nitrogens with one attached hydrogen (secondary N) is 1. The average Bonchev–Trinajstić information content (AvgIpc) is 2.82. The highest BCUT2D eigenvalue weighted by Gasteiger charge is 2.14. The van der Waals surface area contributed by atoms with Gasteiger partial charge in [-0.2, -0.15) is 5.10 Å². The molecule has 2 rings (SSSR count). The first kappa shape index (κ1) is 12.3. The molecule has 1 aliphatic heterocycles. The summed E-state index contributed by atoms with van der Waals surface area (Å²) in [6, 6.07) is 1.86. The predicted octanol–water partition coefficient (Wildman–Crippen LogP) is 1.61. The lowest BCUT2D eigenvalue weighted by Crippen LogP contribution is -2.31. The molecule has 19 heavy (non-hydrogen) atoms. The molecule has 0 aliphatic carbocycles. The molecule has 0 spiro atoms. The minimum Gasteiger partial charge on any atom is -0.400 e. The molecular formula is C9H6N6O4. The molecule has 0 saturated carbocycles. The summed E-state index contributed by atoms with van der Waals surface area (Å²) >= 11 is 0. The van der Waals surface area contributed by atoms with Crippen molar-refractivity contribution in [1.82, 2.24) is 5.32 Å². The third-order valence-corrected chi connectivity index (χ3v) is 1.90. The Morgan fingerprint density at radius 1 is 1.47 bits per heavy atom.